The van der Waals surface area contributed by atoms with E-state index >= 15 is 0 Å². The van der Waals surface area contributed by atoms with E-state index < -0.39 is 51.4 Å². The van der Waals surface area contributed by atoms with E-state index in [9.17, 15) is 29.4 Å². The van der Waals surface area contributed by atoms with E-state index in [2.05, 4.69) is 0 Å². The van der Waals surface area contributed by atoms with Crippen LogP contribution in [0.3, 0.4) is 0 Å². The maximum absolute atomic E-state index is 13.6. The standard InChI is InChI=1S/C32H56N2O8/c1-22(35)41-33-28(3,4)18-24(19-29(33,5)6)32(27(39)40,17-15-13-11-12-14-16-26(37)38)25-20-30(7,8)34(42-23(2)36)31(9,10)21-25/h24-25H,11-21H2,1-10H3,(H,37,38)(H,39,40)/p-2. The Kier molecular flexibility index (Phi) is 11.3. The molecule has 0 bridgehead atoms. The van der Waals surface area contributed by atoms with Crippen LogP contribution in [-0.2, 0) is 28.9 Å². The normalized spacial score (nSPS) is 22.8. The molecule has 2 aliphatic heterocycles. The zero-order chi connectivity index (χ0) is 32.3. The van der Waals surface area contributed by atoms with Gasteiger partial charge < -0.3 is 29.5 Å². The van der Waals surface area contributed by atoms with Gasteiger partial charge in [0.15, 0.2) is 0 Å². The Labute approximate surface area is 252 Å². The Morgan fingerprint density at radius 3 is 1.29 bits per heavy atom. The van der Waals surface area contributed by atoms with Gasteiger partial charge in [0.25, 0.3) is 0 Å². The summed E-state index contributed by atoms with van der Waals surface area (Å²) in [5, 5.41) is 27.9. The van der Waals surface area contributed by atoms with Crippen molar-refractivity contribution in [2.75, 3.05) is 0 Å². The van der Waals surface area contributed by atoms with Crippen LogP contribution in [0.4, 0.5) is 0 Å². The molecule has 42 heavy (non-hydrogen) atoms. The molecule has 0 aromatic carbocycles. The number of aliphatic carboxylic acids is 2. The summed E-state index contributed by atoms with van der Waals surface area (Å²) in [6, 6.07) is 0. The lowest BCUT2D eigenvalue weighted by atomic mass is 9.52. The first kappa shape index (κ1) is 36.0. The third-order valence-electron chi connectivity index (χ3n) is 9.43. The summed E-state index contributed by atoms with van der Waals surface area (Å²) < 4.78 is 0. The Hall–Kier alpha value is -2.20. The first-order valence-corrected chi connectivity index (χ1v) is 15.5. The highest BCUT2D eigenvalue weighted by Crippen LogP contribution is 2.58. The molecule has 0 aromatic heterocycles. The fourth-order valence-corrected chi connectivity index (χ4v) is 8.40. The first-order valence-electron chi connectivity index (χ1n) is 15.5. The highest BCUT2D eigenvalue weighted by atomic mass is 16.7. The number of carboxylic acid groups (broad SMARTS) is 2. The number of hydrogen-bond acceptors (Lipinski definition) is 10. The van der Waals surface area contributed by atoms with Crippen molar-refractivity contribution in [3.05, 3.63) is 0 Å². The van der Waals surface area contributed by atoms with Gasteiger partial charge in [0.2, 0.25) is 0 Å². The van der Waals surface area contributed by atoms with Gasteiger partial charge in [-0.25, -0.2) is 0 Å². The van der Waals surface area contributed by atoms with Crippen molar-refractivity contribution in [1.29, 1.82) is 0 Å². The number of nitrogens with zero attached hydrogens (tertiary/aromatic N) is 2. The van der Waals surface area contributed by atoms with Crippen LogP contribution in [0.2, 0.25) is 0 Å². The third-order valence-corrected chi connectivity index (χ3v) is 9.43. The molecule has 2 aliphatic rings. The number of hydroxylamine groups is 4. The van der Waals surface area contributed by atoms with Crippen molar-refractivity contribution in [3.8, 4) is 0 Å². The molecular formula is C32H54N2O8-2. The van der Waals surface area contributed by atoms with Gasteiger partial charge in [0.1, 0.15) is 0 Å². The Morgan fingerprint density at radius 2 is 0.976 bits per heavy atom. The number of piperidine rings is 2. The molecule has 0 N–H and O–H groups in total. The Balaban J connectivity index is 2.52. The fourth-order valence-electron chi connectivity index (χ4n) is 8.40. The Morgan fingerprint density at radius 1 is 0.643 bits per heavy atom. The molecule has 242 valence electrons. The third kappa shape index (κ3) is 8.24. The molecule has 0 radical (unpaired) electrons. The second-order valence-electron chi connectivity index (χ2n) is 15.2. The van der Waals surface area contributed by atoms with E-state index in [0.717, 1.165) is 19.3 Å². The monoisotopic (exact) mass is 594 g/mol. The van der Waals surface area contributed by atoms with Crippen LogP contribution >= 0.6 is 0 Å². The summed E-state index contributed by atoms with van der Waals surface area (Å²) in [6.45, 7) is 18.6. The van der Waals surface area contributed by atoms with Crippen LogP contribution in [0.25, 0.3) is 0 Å². The summed E-state index contributed by atoms with van der Waals surface area (Å²) in [5.41, 5.74) is -3.71. The highest BCUT2D eigenvalue weighted by Gasteiger charge is 2.60. The smallest absolute Gasteiger partial charge is 0.322 e. The van der Waals surface area contributed by atoms with Gasteiger partial charge in [-0.2, -0.15) is 0 Å². The minimum atomic E-state index is -1.18. The predicted molar refractivity (Wildman–Crippen MR) is 154 cm³/mol. The van der Waals surface area contributed by atoms with Crippen LogP contribution in [-0.4, -0.2) is 56.2 Å². The average molecular weight is 595 g/mol. The van der Waals surface area contributed by atoms with Crippen molar-refractivity contribution < 1.29 is 39.1 Å². The first-order chi connectivity index (χ1) is 19.1. The topological polar surface area (TPSA) is 139 Å². The van der Waals surface area contributed by atoms with E-state index in [1.807, 2.05) is 55.4 Å². The van der Waals surface area contributed by atoms with Crippen LogP contribution in [0, 0.1) is 17.3 Å². The van der Waals surface area contributed by atoms with E-state index in [0.29, 0.717) is 44.9 Å². The zero-order valence-electron chi connectivity index (χ0n) is 27.6. The summed E-state index contributed by atoms with van der Waals surface area (Å²) >= 11 is 0. The molecule has 2 saturated heterocycles. The maximum Gasteiger partial charge on any atom is 0.322 e. The maximum atomic E-state index is 13.6. The van der Waals surface area contributed by atoms with Crippen LogP contribution in [0.5, 0.6) is 0 Å². The van der Waals surface area contributed by atoms with Gasteiger partial charge in [-0.05, 0) is 112 Å². The van der Waals surface area contributed by atoms with Gasteiger partial charge in [-0.15, -0.1) is 10.1 Å². The molecule has 0 amide bonds. The lowest BCUT2D eigenvalue weighted by Crippen LogP contribution is -2.68. The van der Waals surface area contributed by atoms with E-state index in [-0.39, 0.29) is 18.3 Å². The predicted octanol–water partition coefficient (Wildman–Crippen LogP) is 3.70. The second-order valence-corrected chi connectivity index (χ2v) is 15.2. The molecule has 10 nitrogen and oxygen atoms in total. The molecule has 0 atom stereocenters. The molecule has 2 rings (SSSR count). The molecule has 0 saturated carbocycles. The zero-order valence-corrected chi connectivity index (χ0v) is 27.6. The van der Waals surface area contributed by atoms with Gasteiger partial charge in [-0.3, -0.25) is 9.59 Å². The van der Waals surface area contributed by atoms with Crippen LogP contribution in [0.15, 0.2) is 0 Å². The van der Waals surface area contributed by atoms with Gasteiger partial charge >= 0.3 is 11.9 Å². The number of carbonyl (C=O) groups is 4. The number of hydrogen-bond donors (Lipinski definition) is 0. The minimum absolute atomic E-state index is 0.0269. The number of rotatable bonds is 13. The lowest BCUT2D eigenvalue weighted by Gasteiger charge is -2.62. The Bertz CT molecular complexity index is 910. The average Bonchev–Trinajstić information content (AvgIpc) is 2.79. The van der Waals surface area contributed by atoms with Gasteiger partial charge in [0, 0.05) is 31.2 Å². The quantitative estimate of drug-likeness (QED) is 0.290. The van der Waals surface area contributed by atoms with Crippen molar-refractivity contribution in [1.82, 2.24) is 10.1 Å². The molecule has 0 aromatic rings. The largest absolute Gasteiger partial charge is 0.550 e. The van der Waals surface area contributed by atoms with Crippen molar-refractivity contribution in [2.45, 2.75) is 162 Å². The van der Waals surface area contributed by atoms with Crippen molar-refractivity contribution in [2.24, 2.45) is 17.3 Å². The summed E-state index contributed by atoms with van der Waals surface area (Å²) in [4.78, 5) is 59.8. The van der Waals surface area contributed by atoms with Crippen molar-refractivity contribution >= 4 is 23.9 Å². The number of carbonyl (C=O) groups excluding carboxylic acids is 4. The van der Waals surface area contributed by atoms with Gasteiger partial charge in [-0.1, -0.05) is 25.7 Å². The van der Waals surface area contributed by atoms with E-state index in [4.69, 9.17) is 9.68 Å². The van der Waals surface area contributed by atoms with Gasteiger partial charge in [0.05, 0.1) is 22.2 Å². The molecule has 0 spiro atoms. The summed E-state index contributed by atoms with van der Waals surface area (Å²) in [5.74, 6) is -3.48. The number of carboxylic acids is 2. The highest BCUT2D eigenvalue weighted by molar-refractivity contribution is 5.74. The van der Waals surface area contributed by atoms with E-state index in [1.54, 1.807) is 10.1 Å². The molecule has 2 fully saturated rings. The minimum Gasteiger partial charge on any atom is -0.550 e. The SMILES string of the molecule is CC(=O)ON1C(C)(C)CC(C(CCCCCCCC(=O)[O-])(C(=O)[O-])C2CC(C)(C)N(OC(C)=O)C(C)(C)C2)CC1(C)C. The second kappa shape index (κ2) is 13.2. The summed E-state index contributed by atoms with van der Waals surface area (Å²) in [7, 11) is 0. The molecular weight excluding hydrogens is 540 g/mol. The van der Waals surface area contributed by atoms with Crippen molar-refractivity contribution in [3.63, 3.8) is 0 Å². The molecule has 0 aliphatic carbocycles. The van der Waals surface area contributed by atoms with Crippen LogP contribution in [0.1, 0.15) is 140 Å². The summed E-state index contributed by atoms with van der Waals surface area (Å²) in [6.07, 6.45) is 5.96. The van der Waals surface area contributed by atoms with Crippen LogP contribution < -0.4 is 10.2 Å². The molecule has 10 heteroatoms. The fraction of sp³-hybridized carbons (Fsp3) is 0.875. The number of unbranched alkanes of at least 4 members (excludes halogenated alkanes) is 4. The molecule has 0 unspecified atom stereocenters. The van der Waals surface area contributed by atoms with E-state index in [1.165, 1.54) is 13.8 Å². The molecule has 2 heterocycles. The lowest BCUT2D eigenvalue weighted by molar-refractivity contribution is -0.339.